The zero-order valence-electron chi connectivity index (χ0n) is 19.5. The maximum absolute atomic E-state index is 12.9. The quantitative estimate of drug-likeness (QED) is 0.631. The van der Waals surface area contributed by atoms with Gasteiger partial charge in [-0.05, 0) is 38.0 Å². The highest BCUT2D eigenvalue weighted by Crippen LogP contribution is 2.30. The second-order valence-corrected chi connectivity index (χ2v) is 8.40. The van der Waals surface area contributed by atoms with Gasteiger partial charge < -0.3 is 24.3 Å². The SMILES string of the molecule is COc1ccnc(C(=O)N[C@H]2COCCC[C@@H](CCC(C)C)[C@H](C)OC2=O)c1OC(C)=O. The predicted octanol–water partition coefficient (Wildman–Crippen LogP) is 2.91. The average Bonchev–Trinajstić information content (AvgIpc) is 2.73. The van der Waals surface area contributed by atoms with Crippen LogP contribution in [0.4, 0.5) is 0 Å². The monoisotopic (exact) mass is 450 g/mol. The molecule has 0 bridgehead atoms. The Morgan fingerprint density at radius 1 is 1.34 bits per heavy atom. The number of methoxy groups -OCH3 is 1. The fraction of sp³-hybridized carbons (Fsp3) is 0.652. The summed E-state index contributed by atoms with van der Waals surface area (Å²) >= 11 is 0. The lowest BCUT2D eigenvalue weighted by molar-refractivity contribution is -0.156. The van der Waals surface area contributed by atoms with E-state index in [0.29, 0.717) is 12.5 Å². The van der Waals surface area contributed by atoms with Crippen LogP contribution in [0.25, 0.3) is 0 Å². The number of hydrogen-bond acceptors (Lipinski definition) is 8. The van der Waals surface area contributed by atoms with E-state index in [1.165, 1.54) is 26.3 Å². The van der Waals surface area contributed by atoms with E-state index in [1.54, 1.807) is 0 Å². The van der Waals surface area contributed by atoms with Gasteiger partial charge >= 0.3 is 11.9 Å². The van der Waals surface area contributed by atoms with Crippen molar-refractivity contribution in [1.82, 2.24) is 10.3 Å². The molecule has 0 radical (unpaired) electrons. The second kappa shape index (κ2) is 12.4. The van der Waals surface area contributed by atoms with Crippen molar-refractivity contribution in [3.8, 4) is 11.5 Å². The predicted molar refractivity (Wildman–Crippen MR) is 117 cm³/mol. The normalized spacial score (nSPS) is 22.1. The Kier molecular flexibility index (Phi) is 9.90. The molecule has 1 aliphatic heterocycles. The molecule has 1 aromatic heterocycles. The fourth-order valence-electron chi connectivity index (χ4n) is 3.56. The molecule has 1 saturated heterocycles. The minimum Gasteiger partial charge on any atom is -0.493 e. The number of rotatable bonds is 7. The van der Waals surface area contributed by atoms with Crippen molar-refractivity contribution in [2.24, 2.45) is 11.8 Å². The van der Waals surface area contributed by atoms with Crippen molar-refractivity contribution >= 4 is 17.8 Å². The molecule has 9 heteroatoms. The van der Waals surface area contributed by atoms with Crippen LogP contribution in [0.2, 0.25) is 0 Å². The molecule has 9 nitrogen and oxygen atoms in total. The van der Waals surface area contributed by atoms with Crippen molar-refractivity contribution < 1.29 is 33.3 Å². The van der Waals surface area contributed by atoms with Gasteiger partial charge in [-0.3, -0.25) is 9.59 Å². The summed E-state index contributed by atoms with van der Waals surface area (Å²) < 4.78 is 21.6. The summed E-state index contributed by atoms with van der Waals surface area (Å²) in [5, 5.41) is 2.60. The first kappa shape index (κ1) is 25.6. The summed E-state index contributed by atoms with van der Waals surface area (Å²) in [4.78, 5) is 41.2. The molecule has 0 spiro atoms. The Bertz CT molecular complexity index is 797. The van der Waals surface area contributed by atoms with Crippen molar-refractivity contribution in [3.63, 3.8) is 0 Å². The maximum atomic E-state index is 12.9. The first-order valence-corrected chi connectivity index (χ1v) is 11.0. The van der Waals surface area contributed by atoms with Gasteiger partial charge in [-0.15, -0.1) is 0 Å². The molecule has 178 valence electrons. The Morgan fingerprint density at radius 3 is 2.75 bits per heavy atom. The molecule has 2 heterocycles. The van der Waals surface area contributed by atoms with E-state index in [0.717, 1.165) is 25.7 Å². The first-order chi connectivity index (χ1) is 15.2. The number of carbonyl (C=O) groups excluding carboxylic acids is 3. The third-order valence-corrected chi connectivity index (χ3v) is 5.37. The highest BCUT2D eigenvalue weighted by atomic mass is 16.6. The number of ether oxygens (including phenoxy) is 4. The van der Waals surface area contributed by atoms with Crippen molar-refractivity contribution in [1.29, 1.82) is 0 Å². The van der Waals surface area contributed by atoms with Crippen LogP contribution in [0.3, 0.4) is 0 Å². The third kappa shape index (κ3) is 7.47. The number of nitrogens with zero attached hydrogens (tertiary/aromatic N) is 1. The van der Waals surface area contributed by atoms with E-state index < -0.39 is 23.9 Å². The standard InChI is InChI=1S/C23H34N2O7/c1-14(2)8-9-17-7-6-12-30-13-18(23(28)31-15(17)3)25-22(27)20-21(32-16(4)26)19(29-5)10-11-24-20/h10-11,14-15,17-18H,6-9,12-13H2,1-5H3,(H,25,27)/t15-,17-,18-/m0/s1. The van der Waals surface area contributed by atoms with Crippen LogP contribution in [0, 0.1) is 11.8 Å². The van der Waals surface area contributed by atoms with Crippen LogP contribution in [0.1, 0.15) is 63.9 Å². The van der Waals surface area contributed by atoms with Gasteiger partial charge in [0.05, 0.1) is 13.7 Å². The van der Waals surface area contributed by atoms with Gasteiger partial charge in [0.25, 0.3) is 5.91 Å². The first-order valence-electron chi connectivity index (χ1n) is 11.0. The van der Waals surface area contributed by atoms with Crippen LogP contribution in [0.5, 0.6) is 11.5 Å². The number of nitrogens with one attached hydrogen (secondary N) is 1. The number of carbonyl (C=O) groups is 3. The Labute approximate surface area is 189 Å². The summed E-state index contributed by atoms with van der Waals surface area (Å²) in [5.41, 5.74) is -0.174. The molecule has 0 unspecified atom stereocenters. The van der Waals surface area contributed by atoms with Crippen molar-refractivity contribution in [2.75, 3.05) is 20.3 Å². The smallest absolute Gasteiger partial charge is 0.331 e. The number of amides is 1. The van der Waals surface area contributed by atoms with Crippen LogP contribution in [-0.4, -0.2) is 55.3 Å². The zero-order valence-corrected chi connectivity index (χ0v) is 19.5. The van der Waals surface area contributed by atoms with Gasteiger partial charge in [-0.2, -0.15) is 0 Å². The topological polar surface area (TPSA) is 113 Å². The van der Waals surface area contributed by atoms with Gasteiger partial charge in [-0.25, -0.2) is 9.78 Å². The molecule has 1 N–H and O–H groups in total. The Morgan fingerprint density at radius 2 is 2.09 bits per heavy atom. The fourth-order valence-corrected chi connectivity index (χ4v) is 3.56. The molecule has 1 aliphatic rings. The summed E-state index contributed by atoms with van der Waals surface area (Å²) in [7, 11) is 1.38. The van der Waals surface area contributed by atoms with Gasteiger partial charge in [0, 0.05) is 25.8 Å². The Balaban J connectivity index is 2.16. The highest BCUT2D eigenvalue weighted by molar-refractivity contribution is 5.98. The lowest BCUT2D eigenvalue weighted by Crippen LogP contribution is -2.47. The third-order valence-electron chi connectivity index (χ3n) is 5.37. The summed E-state index contributed by atoms with van der Waals surface area (Å²) in [6.07, 6.45) is 4.85. The molecule has 1 amide bonds. The van der Waals surface area contributed by atoms with Crippen LogP contribution in [0.15, 0.2) is 12.3 Å². The molecular weight excluding hydrogens is 416 g/mol. The van der Waals surface area contributed by atoms with Gasteiger partial charge in [0.1, 0.15) is 6.10 Å². The van der Waals surface area contributed by atoms with Gasteiger partial charge in [0.2, 0.25) is 5.75 Å². The minimum atomic E-state index is -1.02. The number of esters is 2. The van der Waals surface area contributed by atoms with Gasteiger partial charge in [-0.1, -0.05) is 20.3 Å². The van der Waals surface area contributed by atoms with E-state index >= 15 is 0 Å². The number of aromatic nitrogens is 1. The van der Waals surface area contributed by atoms with Crippen molar-refractivity contribution in [2.45, 2.75) is 65.5 Å². The second-order valence-electron chi connectivity index (χ2n) is 8.40. The lowest BCUT2D eigenvalue weighted by Gasteiger charge is -2.28. The molecule has 0 aromatic carbocycles. The van der Waals surface area contributed by atoms with Crippen LogP contribution >= 0.6 is 0 Å². The largest absolute Gasteiger partial charge is 0.493 e. The molecule has 0 saturated carbocycles. The van der Waals surface area contributed by atoms with Crippen molar-refractivity contribution in [3.05, 3.63) is 18.0 Å². The molecule has 1 fully saturated rings. The van der Waals surface area contributed by atoms with E-state index in [2.05, 4.69) is 24.1 Å². The van der Waals surface area contributed by atoms with E-state index in [-0.39, 0.29) is 35.8 Å². The van der Waals surface area contributed by atoms with E-state index in [1.807, 2.05) is 6.92 Å². The minimum absolute atomic E-state index is 0.0270. The Hall–Kier alpha value is -2.68. The number of hydrogen-bond donors (Lipinski definition) is 1. The molecule has 3 atom stereocenters. The molecule has 2 rings (SSSR count). The average molecular weight is 451 g/mol. The molecule has 0 aliphatic carbocycles. The summed E-state index contributed by atoms with van der Waals surface area (Å²) in [6.45, 7) is 7.90. The summed E-state index contributed by atoms with van der Waals surface area (Å²) in [5.74, 6) is -1.05. The maximum Gasteiger partial charge on any atom is 0.331 e. The summed E-state index contributed by atoms with van der Waals surface area (Å²) in [6, 6.07) is 0.446. The van der Waals surface area contributed by atoms with Gasteiger partial charge in [0.15, 0.2) is 17.5 Å². The van der Waals surface area contributed by atoms with Crippen LogP contribution < -0.4 is 14.8 Å². The lowest BCUT2D eigenvalue weighted by atomic mass is 9.90. The van der Waals surface area contributed by atoms with E-state index in [4.69, 9.17) is 18.9 Å². The number of cyclic esters (lactones) is 1. The molecule has 32 heavy (non-hydrogen) atoms. The highest BCUT2D eigenvalue weighted by Gasteiger charge is 2.31. The number of pyridine rings is 1. The zero-order chi connectivity index (χ0) is 23.7. The molecule has 1 aromatic rings. The van der Waals surface area contributed by atoms with E-state index in [9.17, 15) is 14.4 Å². The van der Waals surface area contributed by atoms with Crippen LogP contribution in [-0.2, 0) is 19.1 Å². The molecular formula is C23H34N2O7.